The number of ether oxygens (including phenoxy) is 2. The Balaban J connectivity index is 2.28. The van der Waals surface area contributed by atoms with E-state index in [1.165, 1.54) is 32.4 Å². The molecule has 0 saturated carbocycles. The summed E-state index contributed by atoms with van der Waals surface area (Å²) < 4.78 is 37.2. The first-order valence-corrected chi connectivity index (χ1v) is 8.45. The number of hydrogen-bond acceptors (Lipinski definition) is 6. The van der Waals surface area contributed by atoms with E-state index in [0.29, 0.717) is 6.54 Å². The van der Waals surface area contributed by atoms with Crippen LogP contribution < -0.4 is 14.8 Å². The minimum absolute atomic E-state index is 0.0132. The molecule has 1 aliphatic rings. The molecule has 0 bridgehead atoms. The lowest BCUT2D eigenvalue weighted by molar-refractivity contribution is 0.0597. The van der Waals surface area contributed by atoms with E-state index in [1.807, 2.05) is 0 Å². The molecule has 0 radical (unpaired) electrons. The highest BCUT2D eigenvalue weighted by Crippen LogP contribution is 2.23. The summed E-state index contributed by atoms with van der Waals surface area (Å²) in [6, 6.07) is 3.97. The quantitative estimate of drug-likeness (QED) is 0.765. The number of piperidine rings is 1. The Morgan fingerprint density at radius 2 is 2.14 bits per heavy atom. The third-order valence-corrected chi connectivity index (χ3v) is 5.02. The van der Waals surface area contributed by atoms with E-state index in [4.69, 9.17) is 4.74 Å². The van der Waals surface area contributed by atoms with Crippen molar-refractivity contribution < 1.29 is 22.7 Å². The Morgan fingerprint density at radius 1 is 1.36 bits per heavy atom. The van der Waals surface area contributed by atoms with Crippen molar-refractivity contribution in [2.45, 2.75) is 23.8 Å². The molecule has 1 unspecified atom stereocenters. The average Bonchev–Trinajstić information content (AvgIpc) is 2.54. The second kappa shape index (κ2) is 7.08. The molecule has 7 nitrogen and oxygen atoms in total. The fraction of sp³-hybridized carbons (Fsp3) is 0.500. The smallest absolute Gasteiger partial charge is 0.341 e. The Hall–Kier alpha value is -1.64. The van der Waals surface area contributed by atoms with Crippen LogP contribution in [-0.4, -0.2) is 47.7 Å². The Labute approximate surface area is 130 Å². The molecule has 0 aliphatic carbocycles. The molecule has 1 aromatic carbocycles. The van der Waals surface area contributed by atoms with Gasteiger partial charge >= 0.3 is 5.97 Å². The monoisotopic (exact) mass is 328 g/mol. The molecule has 1 heterocycles. The van der Waals surface area contributed by atoms with Gasteiger partial charge in [0, 0.05) is 12.6 Å². The van der Waals surface area contributed by atoms with Gasteiger partial charge < -0.3 is 14.8 Å². The van der Waals surface area contributed by atoms with Crippen molar-refractivity contribution in [1.29, 1.82) is 0 Å². The zero-order valence-electron chi connectivity index (χ0n) is 12.6. The van der Waals surface area contributed by atoms with E-state index < -0.39 is 16.0 Å². The van der Waals surface area contributed by atoms with Gasteiger partial charge in [-0.25, -0.2) is 17.9 Å². The second-order valence-electron chi connectivity index (χ2n) is 5.02. The number of esters is 1. The fourth-order valence-corrected chi connectivity index (χ4v) is 3.66. The summed E-state index contributed by atoms with van der Waals surface area (Å²) in [5, 5.41) is 3.14. The van der Waals surface area contributed by atoms with Crippen molar-refractivity contribution in [3.05, 3.63) is 23.8 Å². The van der Waals surface area contributed by atoms with Gasteiger partial charge in [-0.1, -0.05) is 0 Å². The predicted molar refractivity (Wildman–Crippen MR) is 80.5 cm³/mol. The third-order valence-electron chi connectivity index (χ3n) is 3.51. The molecule has 1 aromatic rings. The number of rotatable bonds is 5. The number of hydrogen-bond donors (Lipinski definition) is 2. The van der Waals surface area contributed by atoms with Crippen molar-refractivity contribution in [1.82, 2.24) is 10.0 Å². The molecule has 22 heavy (non-hydrogen) atoms. The fourth-order valence-electron chi connectivity index (χ4n) is 2.36. The van der Waals surface area contributed by atoms with E-state index >= 15 is 0 Å². The molecule has 0 spiro atoms. The Bertz CT molecular complexity index is 639. The van der Waals surface area contributed by atoms with Gasteiger partial charge in [-0.3, -0.25) is 0 Å². The molecule has 0 amide bonds. The maximum atomic E-state index is 12.4. The summed E-state index contributed by atoms with van der Waals surface area (Å²) in [6.45, 7) is 1.49. The number of nitrogens with one attached hydrogen (secondary N) is 2. The van der Waals surface area contributed by atoms with Crippen LogP contribution in [0, 0.1) is 0 Å². The highest BCUT2D eigenvalue weighted by atomic mass is 32.2. The number of carbonyl (C=O) groups is 1. The van der Waals surface area contributed by atoms with Crippen LogP contribution in [0.2, 0.25) is 0 Å². The van der Waals surface area contributed by atoms with E-state index in [-0.39, 0.29) is 22.3 Å². The number of sulfonamides is 1. The van der Waals surface area contributed by atoms with Gasteiger partial charge in [0.1, 0.15) is 11.3 Å². The molecule has 1 atom stereocenters. The van der Waals surface area contributed by atoms with Gasteiger partial charge in [-0.2, -0.15) is 0 Å². The molecule has 1 aliphatic heterocycles. The largest absolute Gasteiger partial charge is 0.496 e. The van der Waals surface area contributed by atoms with Crippen molar-refractivity contribution >= 4 is 16.0 Å². The van der Waals surface area contributed by atoms with Gasteiger partial charge in [0.25, 0.3) is 0 Å². The van der Waals surface area contributed by atoms with E-state index in [1.54, 1.807) is 0 Å². The highest BCUT2D eigenvalue weighted by molar-refractivity contribution is 7.89. The zero-order valence-corrected chi connectivity index (χ0v) is 13.4. The minimum Gasteiger partial charge on any atom is -0.496 e. The summed E-state index contributed by atoms with van der Waals surface area (Å²) in [7, 11) is -1.07. The maximum Gasteiger partial charge on any atom is 0.341 e. The van der Waals surface area contributed by atoms with Crippen molar-refractivity contribution in [2.75, 3.05) is 27.3 Å². The lowest BCUT2D eigenvalue weighted by atomic mass is 10.1. The Morgan fingerprint density at radius 3 is 2.73 bits per heavy atom. The molecule has 2 N–H and O–H groups in total. The van der Waals surface area contributed by atoms with Gasteiger partial charge in [-0.15, -0.1) is 0 Å². The molecule has 1 saturated heterocycles. The summed E-state index contributed by atoms with van der Waals surface area (Å²) in [4.78, 5) is 11.7. The number of methoxy groups -OCH3 is 2. The molecular weight excluding hydrogens is 308 g/mol. The normalized spacial score (nSPS) is 18.7. The van der Waals surface area contributed by atoms with Crippen molar-refractivity contribution in [3.8, 4) is 5.75 Å². The lowest BCUT2D eigenvalue weighted by Crippen LogP contribution is -2.45. The second-order valence-corrected chi connectivity index (χ2v) is 6.73. The minimum atomic E-state index is -3.70. The summed E-state index contributed by atoms with van der Waals surface area (Å²) in [5.74, 6) is -0.377. The number of carbonyl (C=O) groups excluding carboxylic acids is 1. The maximum absolute atomic E-state index is 12.4. The van der Waals surface area contributed by atoms with Crippen molar-refractivity contribution in [3.63, 3.8) is 0 Å². The highest BCUT2D eigenvalue weighted by Gasteiger charge is 2.24. The first-order valence-electron chi connectivity index (χ1n) is 6.97. The number of benzene rings is 1. The van der Waals surface area contributed by atoms with Crippen LogP contribution in [0.15, 0.2) is 23.1 Å². The van der Waals surface area contributed by atoms with Crippen LogP contribution in [-0.2, 0) is 14.8 Å². The molecule has 2 rings (SSSR count). The van der Waals surface area contributed by atoms with Gasteiger partial charge in [0.05, 0.1) is 19.1 Å². The average molecular weight is 328 g/mol. The molecular formula is C14H20N2O5S. The zero-order chi connectivity index (χ0) is 16.2. The van der Waals surface area contributed by atoms with E-state index in [9.17, 15) is 13.2 Å². The summed E-state index contributed by atoms with van der Waals surface area (Å²) in [5.41, 5.74) is 0.0784. The third kappa shape index (κ3) is 3.76. The Kier molecular flexibility index (Phi) is 5.38. The summed E-state index contributed by atoms with van der Waals surface area (Å²) in [6.07, 6.45) is 1.70. The standard InChI is InChI=1S/C14H20N2O5S/c1-20-13-6-5-11(8-12(13)14(17)21-2)22(18,19)16-10-4-3-7-15-9-10/h5-6,8,10,15-16H,3-4,7,9H2,1-2H3. The molecule has 1 fully saturated rings. The molecule has 8 heteroatoms. The van der Waals surface area contributed by atoms with Crippen LogP contribution in [0.4, 0.5) is 0 Å². The topological polar surface area (TPSA) is 93.7 Å². The van der Waals surface area contributed by atoms with Crippen LogP contribution in [0.5, 0.6) is 5.75 Å². The van der Waals surface area contributed by atoms with Gasteiger partial charge in [-0.05, 0) is 37.6 Å². The first kappa shape index (κ1) is 16.7. The van der Waals surface area contributed by atoms with Crippen LogP contribution in [0.1, 0.15) is 23.2 Å². The predicted octanol–water partition coefficient (Wildman–Crippen LogP) is 0.512. The lowest BCUT2D eigenvalue weighted by Gasteiger charge is -2.23. The van der Waals surface area contributed by atoms with Crippen molar-refractivity contribution in [2.24, 2.45) is 0 Å². The van der Waals surface area contributed by atoms with Gasteiger partial charge in [0.2, 0.25) is 10.0 Å². The van der Waals surface area contributed by atoms with Crippen LogP contribution in [0.25, 0.3) is 0 Å². The van der Waals surface area contributed by atoms with Crippen LogP contribution in [0.3, 0.4) is 0 Å². The molecule has 122 valence electrons. The summed E-state index contributed by atoms with van der Waals surface area (Å²) >= 11 is 0. The van der Waals surface area contributed by atoms with Gasteiger partial charge in [0.15, 0.2) is 0 Å². The van der Waals surface area contributed by atoms with E-state index in [2.05, 4.69) is 14.8 Å². The SMILES string of the molecule is COC(=O)c1cc(S(=O)(=O)NC2CCCNC2)ccc1OC. The molecule has 0 aromatic heterocycles. The first-order chi connectivity index (χ1) is 10.5. The van der Waals surface area contributed by atoms with E-state index in [0.717, 1.165) is 19.4 Å². The van der Waals surface area contributed by atoms with Crippen LogP contribution >= 0.6 is 0 Å².